The first kappa shape index (κ1) is 19.5. The van der Waals surface area contributed by atoms with Crippen LogP contribution in [0.25, 0.3) is 0 Å². The lowest BCUT2D eigenvalue weighted by Crippen LogP contribution is -2.12. The first-order chi connectivity index (χ1) is 13.4. The van der Waals surface area contributed by atoms with Gasteiger partial charge in [0.1, 0.15) is 41.4 Å². The highest BCUT2D eigenvalue weighted by atomic mass is 19.1. The second-order valence-electron chi connectivity index (χ2n) is 6.30. The third-order valence-electron chi connectivity index (χ3n) is 4.34. The fourth-order valence-electron chi connectivity index (χ4n) is 2.73. The molecule has 146 valence electrons. The Labute approximate surface area is 160 Å². The Morgan fingerprint density at radius 1 is 1.18 bits per heavy atom. The van der Waals surface area contributed by atoms with Crippen LogP contribution in [0.5, 0.6) is 5.75 Å². The third kappa shape index (κ3) is 4.19. The lowest BCUT2D eigenvalue weighted by atomic mass is 10.1. The van der Waals surface area contributed by atoms with Gasteiger partial charge in [-0.3, -0.25) is 0 Å². The zero-order chi connectivity index (χ0) is 20.3. The molecule has 0 aliphatic heterocycles. The van der Waals surface area contributed by atoms with Crippen molar-refractivity contribution in [3.05, 3.63) is 82.2 Å². The number of nitrogens with zero attached hydrogens (tertiary/aromatic N) is 1. The fourth-order valence-corrected chi connectivity index (χ4v) is 2.73. The first-order valence-corrected chi connectivity index (χ1v) is 8.66. The number of halogens is 2. The molecule has 5 nitrogen and oxygen atoms in total. The van der Waals surface area contributed by atoms with Crippen LogP contribution >= 0.6 is 0 Å². The molecule has 1 atom stereocenters. The number of para-hydroxylation sites is 1. The predicted octanol–water partition coefficient (Wildman–Crippen LogP) is 5.07. The molecule has 28 heavy (non-hydrogen) atoms. The molecule has 2 aromatic carbocycles. The van der Waals surface area contributed by atoms with Crippen LogP contribution in [0.2, 0.25) is 0 Å². The molecule has 0 bridgehead atoms. The molecule has 0 aliphatic carbocycles. The van der Waals surface area contributed by atoms with Gasteiger partial charge in [0.05, 0.1) is 11.3 Å². The second-order valence-corrected chi connectivity index (χ2v) is 6.30. The monoisotopic (exact) mass is 387 g/mol. The molecule has 3 rings (SSSR count). The molecule has 0 fully saturated rings. The van der Waals surface area contributed by atoms with Crippen LogP contribution in [0, 0.1) is 25.5 Å². The average molecular weight is 387 g/mol. The van der Waals surface area contributed by atoms with Gasteiger partial charge in [0.25, 0.3) is 0 Å². The van der Waals surface area contributed by atoms with Gasteiger partial charge in [-0.15, -0.1) is 0 Å². The lowest BCUT2D eigenvalue weighted by molar-refractivity contribution is 0.0326. The Hall–Kier alpha value is -3.22. The number of aromatic nitrogens is 1. The van der Waals surface area contributed by atoms with Crippen LogP contribution in [-0.4, -0.2) is 11.1 Å². The lowest BCUT2D eigenvalue weighted by Gasteiger charge is -2.16. The van der Waals surface area contributed by atoms with Gasteiger partial charge in [-0.25, -0.2) is 13.6 Å². The molecule has 0 saturated heterocycles. The van der Waals surface area contributed by atoms with Crippen molar-refractivity contribution in [2.75, 3.05) is 0 Å². The van der Waals surface area contributed by atoms with Crippen molar-refractivity contribution in [2.45, 2.75) is 33.5 Å². The van der Waals surface area contributed by atoms with Gasteiger partial charge in [-0.1, -0.05) is 17.3 Å². The summed E-state index contributed by atoms with van der Waals surface area (Å²) in [5.41, 5.74) is 1.63. The maximum Gasteiger partial charge on any atom is 0.342 e. The summed E-state index contributed by atoms with van der Waals surface area (Å²) in [5.74, 6) is -1.02. The number of esters is 1. The summed E-state index contributed by atoms with van der Waals surface area (Å²) in [6.45, 7) is 5.21. The van der Waals surface area contributed by atoms with Crippen LogP contribution in [0.15, 0.2) is 47.0 Å². The highest BCUT2D eigenvalue weighted by Gasteiger charge is 2.21. The maximum absolute atomic E-state index is 13.9. The first-order valence-electron chi connectivity index (χ1n) is 8.66. The van der Waals surface area contributed by atoms with Crippen LogP contribution in [0.3, 0.4) is 0 Å². The van der Waals surface area contributed by atoms with E-state index in [2.05, 4.69) is 5.16 Å². The minimum absolute atomic E-state index is 0.0394. The fraction of sp³-hybridized carbons (Fsp3) is 0.238. The molecular formula is C21H19F2NO4. The number of carbonyl (C=O) groups excluding carboxylic acids is 1. The van der Waals surface area contributed by atoms with Crippen molar-refractivity contribution in [2.24, 2.45) is 0 Å². The second kappa shape index (κ2) is 8.21. The van der Waals surface area contributed by atoms with Gasteiger partial charge >= 0.3 is 5.97 Å². The largest absolute Gasteiger partial charge is 0.488 e. The zero-order valence-electron chi connectivity index (χ0n) is 15.7. The highest BCUT2D eigenvalue weighted by Crippen LogP contribution is 2.26. The third-order valence-corrected chi connectivity index (χ3v) is 4.34. The standard InChI is InChI=1S/C21H19F2NO4/c1-12-18(14(3)28-24-12)11-26-20-7-5-4-6-16(20)21(25)27-13(2)17-10-15(22)8-9-19(17)23/h4-10,13H,11H2,1-3H3. The number of ether oxygens (including phenoxy) is 2. The SMILES string of the molecule is Cc1noc(C)c1COc1ccccc1C(=O)OC(C)c1cc(F)ccc1F. The Morgan fingerprint density at radius 3 is 2.64 bits per heavy atom. The molecule has 7 heteroatoms. The molecule has 0 radical (unpaired) electrons. The Bertz CT molecular complexity index is 980. The van der Waals surface area contributed by atoms with E-state index < -0.39 is 23.7 Å². The number of rotatable bonds is 6. The van der Waals surface area contributed by atoms with E-state index in [9.17, 15) is 13.6 Å². The average Bonchev–Trinajstić information content (AvgIpc) is 2.99. The summed E-state index contributed by atoms with van der Waals surface area (Å²) in [6.07, 6.45) is -0.973. The summed E-state index contributed by atoms with van der Waals surface area (Å²) in [5, 5.41) is 3.86. The topological polar surface area (TPSA) is 61.6 Å². The minimum Gasteiger partial charge on any atom is -0.488 e. The maximum atomic E-state index is 13.9. The van der Waals surface area contributed by atoms with Gasteiger partial charge < -0.3 is 14.0 Å². The van der Waals surface area contributed by atoms with E-state index in [0.717, 1.165) is 23.8 Å². The van der Waals surface area contributed by atoms with E-state index in [0.29, 0.717) is 17.2 Å². The van der Waals surface area contributed by atoms with Crippen molar-refractivity contribution in [1.29, 1.82) is 0 Å². The van der Waals surface area contributed by atoms with E-state index in [1.807, 2.05) is 0 Å². The molecule has 1 heterocycles. The van der Waals surface area contributed by atoms with Crippen molar-refractivity contribution >= 4 is 5.97 Å². The van der Waals surface area contributed by atoms with Gasteiger partial charge in [-0.2, -0.15) is 0 Å². The van der Waals surface area contributed by atoms with E-state index in [4.69, 9.17) is 14.0 Å². The number of hydrogen-bond acceptors (Lipinski definition) is 5. The molecule has 1 aromatic heterocycles. The van der Waals surface area contributed by atoms with E-state index in [1.54, 1.807) is 38.1 Å². The smallest absolute Gasteiger partial charge is 0.342 e. The van der Waals surface area contributed by atoms with Gasteiger partial charge in [0, 0.05) is 5.56 Å². The number of hydrogen-bond donors (Lipinski definition) is 0. The van der Waals surface area contributed by atoms with Crippen molar-refractivity contribution in [1.82, 2.24) is 5.16 Å². The van der Waals surface area contributed by atoms with Crippen molar-refractivity contribution < 1.29 is 27.6 Å². The van der Waals surface area contributed by atoms with Crippen LogP contribution in [0.4, 0.5) is 8.78 Å². The Balaban J connectivity index is 1.76. The summed E-state index contributed by atoms with van der Waals surface area (Å²) in [4.78, 5) is 12.6. The van der Waals surface area contributed by atoms with Crippen LogP contribution in [-0.2, 0) is 11.3 Å². The molecule has 0 aliphatic rings. The predicted molar refractivity (Wildman–Crippen MR) is 96.9 cm³/mol. The van der Waals surface area contributed by atoms with E-state index >= 15 is 0 Å². The summed E-state index contributed by atoms with van der Waals surface area (Å²) >= 11 is 0. The van der Waals surface area contributed by atoms with E-state index in [1.165, 1.54) is 6.92 Å². The quantitative estimate of drug-likeness (QED) is 0.553. The number of aryl methyl sites for hydroxylation is 2. The van der Waals surface area contributed by atoms with Gasteiger partial charge in [0.2, 0.25) is 0 Å². The van der Waals surface area contributed by atoms with Crippen molar-refractivity contribution in [3.63, 3.8) is 0 Å². The number of benzene rings is 2. The minimum atomic E-state index is -0.973. The van der Waals surface area contributed by atoms with Gasteiger partial charge in [0.15, 0.2) is 0 Å². The summed E-state index contributed by atoms with van der Waals surface area (Å²) < 4.78 is 43.5. The molecule has 0 spiro atoms. The zero-order valence-corrected chi connectivity index (χ0v) is 15.7. The normalized spacial score (nSPS) is 11.9. The summed E-state index contributed by atoms with van der Waals surface area (Å²) in [7, 11) is 0. The Kier molecular flexibility index (Phi) is 5.73. The molecule has 0 amide bonds. The molecule has 1 unspecified atom stereocenters. The highest BCUT2D eigenvalue weighted by molar-refractivity contribution is 5.92. The molecular weight excluding hydrogens is 368 g/mol. The van der Waals surface area contributed by atoms with Crippen molar-refractivity contribution in [3.8, 4) is 5.75 Å². The number of carbonyl (C=O) groups is 1. The van der Waals surface area contributed by atoms with Crippen LogP contribution in [0.1, 0.15) is 46.0 Å². The van der Waals surface area contributed by atoms with E-state index in [-0.39, 0.29) is 17.7 Å². The summed E-state index contributed by atoms with van der Waals surface area (Å²) in [6, 6.07) is 9.55. The molecule has 0 saturated carbocycles. The Morgan fingerprint density at radius 2 is 1.93 bits per heavy atom. The van der Waals surface area contributed by atoms with Gasteiger partial charge in [-0.05, 0) is 51.1 Å². The molecule has 0 N–H and O–H groups in total. The van der Waals surface area contributed by atoms with Crippen LogP contribution < -0.4 is 4.74 Å². The molecule has 3 aromatic rings.